The third-order valence-electron chi connectivity index (χ3n) is 2.80. The molecular formula is C13H16N4O2S2. The molecule has 0 amide bonds. The van der Waals surface area contributed by atoms with Crippen molar-refractivity contribution in [1.82, 2.24) is 9.78 Å². The van der Waals surface area contributed by atoms with Crippen LogP contribution < -0.4 is 10.5 Å². The van der Waals surface area contributed by atoms with Crippen molar-refractivity contribution in [3.63, 3.8) is 0 Å². The number of aryl methyl sites for hydroxylation is 1. The Labute approximate surface area is 129 Å². The smallest absolute Gasteiger partial charge is 0.237 e. The van der Waals surface area contributed by atoms with Gasteiger partial charge in [-0.1, -0.05) is 30.4 Å². The Morgan fingerprint density at radius 1 is 1.48 bits per heavy atom. The Hall–Kier alpha value is -1.93. The van der Waals surface area contributed by atoms with Gasteiger partial charge in [-0.05, 0) is 18.6 Å². The van der Waals surface area contributed by atoms with Crippen molar-refractivity contribution in [3.05, 3.63) is 47.8 Å². The molecule has 0 aliphatic carbocycles. The van der Waals surface area contributed by atoms with Gasteiger partial charge in [0.1, 0.15) is 4.99 Å². The van der Waals surface area contributed by atoms with E-state index in [2.05, 4.69) is 9.82 Å². The van der Waals surface area contributed by atoms with E-state index < -0.39 is 10.0 Å². The lowest BCUT2D eigenvalue weighted by Crippen LogP contribution is -2.15. The molecule has 0 fully saturated rings. The SMILES string of the molecule is CCn1cc(NS(=O)(=O)Cc2cccc(C(N)=S)c2)cn1. The summed E-state index contributed by atoms with van der Waals surface area (Å²) in [4.78, 5) is 0.242. The summed E-state index contributed by atoms with van der Waals surface area (Å²) in [5.41, 5.74) is 7.26. The van der Waals surface area contributed by atoms with Crippen molar-refractivity contribution >= 4 is 32.9 Å². The second kappa shape index (κ2) is 6.23. The number of nitrogens with one attached hydrogen (secondary N) is 1. The van der Waals surface area contributed by atoms with Crippen LogP contribution in [-0.4, -0.2) is 23.2 Å². The molecule has 0 aliphatic heterocycles. The van der Waals surface area contributed by atoms with Gasteiger partial charge in [-0.25, -0.2) is 8.42 Å². The summed E-state index contributed by atoms with van der Waals surface area (Å²) in [7, 11) is -3.51. The van der Waals surface area contributed by atoms with Crippen molar-refractivity contribution in [3.8, 4) is 0 Å². The molecule has 1 heterocycles. The summed E-state index contributed by atoms with van der Waals surface area (Å²) in [5, 5.41) is 4.02. The number of sulfonamides is 1. The van der Waals surface area contributed by atoms with Crippen LogP contribution in [0.25, 0.3) is 0 Å². The molecule has 0 spiro atoms. The number of hydrogen-bond donors (Lipinski definition) is 2. The summed E-state index contributed by atoms with van der Waals surface area (Å²) in [5.74, 6) is -0.152. The molecule has 0 aliphatic rings. The number of anilines is 1. The lowest BCUT2D eigenvalue weighted by atomic mass is 10.1. The molecule has 1 aromatic carbocycles. The molecular weight excluding hydrogens is 308 g/mol. The first kappa shape index (κ1) is 15.5. The second-order valence-electron chi connectivity index (χ2n) is 4.51. The van der Waals surface area contributed by atoms with Gasteiger partial charge in [-0.15, -0.1) is 0 Å². The van der Waals surface area contributed by atoms with E-state index in [9.17, 15) is 8.42 Å². The molecule has 0 unspecified atom stereocenters. The number of rotatable bonds is 6. The van der Waals surface area contributed by atoms with E-state index >= 15 is 0 Å². The molecule has 0 radical (unpaired) electrons. The van der Waals surface area contributed by atoms with Gasteiger partial charge in [0.2, 0.25) is 10.0 Å². The molecule has 0 atom stereocenters. The van der Waals surface area contributed by atoms with Crippen LogP contribution >= 0.6 is 12.2 Å². The number of aromatic nitrogens is 2. The Kier molecular flexibility index (Phi) is 4.59. The molecule has 21 heavy (non-hydrogen) atoms. The average Bonchev–Trinajstić information content (AvgIpc) is 2.85. The molecule has 112 valence electrons. The lowest BCUT2D eigenvalue weighted by molar-refractivity contribution is 0.600. The van der Waals surface area contributed by atoms with E-state index in [1.807, 2.05) is 6.92 Å². The van der Waals surface area contributed by atoms with Crippen molar-refractivity contribution in [1.29, 1.82) is 0 Å². The molecule has 0 bridgehead atoms. The van der Waals surface area contributed by atoms with Crippen LogP contribution in [0.5, 0.6) is 0 Å². The number of nitrogens with zero attached hydrogens (tertiary/aromatic N) is 2. The minimum atomic E-state index is -3.51. The van der Waals surface area contributed by atoms with Gasteiger partial charge >= 0.3 is 0 Å². The predicted octanol–water partition coefficient (Wildman–Crippen LogP) is 1.48. The van der Waals surface area contributed by atoms with Gasteiger partial charge in [0, 0.05) is 18.3 Å². The second-order valence-corrected chi connectivity index (χ2v) is 6.67. The summed E-state index contributed by atoms with van der Waals surface area (Å²) >= 11 is 4.89. The van der Waals surface area contributed by atoms with Crippen molar-refractivity contribution in [2.24, 2.45) is 5.73 Å². The van der Waals surface area contributed by atoms with E-state index in [1.165, 1.54) is 6.20 Å². The van der Waals surface area contributed by atoms with Gasteiger partial charge in [-0.2, -0.15) is 5.10 Å². The summed E-state index contributed by atoms with van der Waals surface area (Å²) in [6.45, 7) is 2.60. The van der Waals surface area contributed by atoms with Gasteiger partial charge < -0.3 is 5.73 Å². The highest BCUT2D eigenvalue weighted by Gasteiger charge is 2.13. The van der Waals surface area contributed by atoms with E-state index in [4.69, 9.17) is 18.0 Å². The number of hydrogen-bond acceptors (Lipinski definition) is 4. The fraction of sp³-hybridized carbons (Fsp3) is 0.231. The highest BCUT2D eigenvalue weighted by atomic mass is 32.2. The summed E-state index contributed by atoms with van der Waals surface area (Å²) < 4.78 is 28.4. The molecule has 2 aromatic rings. The maximum Gasteiger partial charge on any atom is 0.237 e. The highest BCUT2D eigenvalue weighted by Crippen LogP contribution is 2.13. The Morgan fingerprint density at radius 2 is 2.24 bits per heavy atom. The fourth-order valence-electron chi connectivity index (χ4n) is 1.84. The minimum absolute atomic E-state index is 0.152. The van der Waals surface area contributed by atoms with Crippen molar-refractivity contribution in [2.75, 3.05) is 4.72 Å². The maximum atomic E-state index is 12.1. The van der Waals surface area contributed by atoms with Crippen LogP contribution in [0.3, 0.4) is 0 Å². The zero-order chi connectivity index (χ0) is 15.5. The first-order valence-electron chi connectivity index (χ1n) is 6.31. The van der Waals surface area contributed by atoms with Crippen LogP contribution in [0.4, 0.5) is 5.69 Å². The topological polar surface area (TPSA) is 90.0 Å². The minimum Gasteiger partial charge on any atom is -0.389 e. The lowest BCUT2D eigenvalue weighted by Gasteiger charge is -2.07. The van der Waals surface area contributed by atoms with E-state index in [0.717, 1.165) is 0 Å². The largest absolute Gasteiger partial charge is 0.389 e. The first-order valence-corrected chi connectivity index (χ1v) is 8.37. The number of thiocarbonyl (C=S) groups is 1. The van der Waals surface area contributed by atoms with Crippen LogP contribution in [0.2, 0.25) is 0 Å². The van der Waals surface area contributed by atoms with Crippen molar-refractivity contribution in [2.45, 2.75) is 19.2 Å². The van der Waals surface area contributed by atoms with Crippen LogP contribution in [0, 0.1) is 0 Å². The Balaban J connectivity index is 2.13. The number of benzene rings is 1. The van der Waals surface area contributed by atoms with Crippen LogP contribution in [-0.2, 0) is 22.3 Å². The van der Waals surface area contributed by atoms with E-state index in [-0.39, 0.29) is 10.7 Å². The molecule has 1 aromatic heterocycles. The third-order valence-corrected chi connectivity index (χ3v) is 4.29. The summed E-state index contributed by atoms with van der Waals surface area (Å²) in [6.07, 6.45) is 3.12. The normalized spacial score (nSPS) is 11.3. The Bertz CT molecular complexity index is 753. The Morgan fingerprint density at radius 3 is 2.86 bits per heavy atom. The molecule has 2 rings (SSSR count). The first-order chi connectivity index (χ1) is 9.89. The standard InChI is InChI=1S/C13H16N4O2S2/c1-2-17-8-12(7-15-17)16-21(18,19)9-10-4-3-5-11(6-10)13(14)20/h3-8,16H,2,9H2,1H3,(H2,14,20). The molecule has 8 heteroatoms. The van der Waals surface area contributed by atoms with Crippen molar-refractivity contribution < 1.29 is 8.42 Å². The highest BCUT2D eigenvalue weighted by molar-refractivity contribution is 7.91. The van der Waals surface area contributed by atoms with Gasteiger partial charge in [-0.3, -0.25) is 9.40 Å². The molecule has 6 nitrogen and oxygen atoms in total. The van der Waals surface area contributed by atoms with E-state index in [1.54, 1.807) is 35.1 Å². The maximum absolute atomic E-state index is 12.1. The fourth-order valence-corrected chi connectivity index (χ4v) is 3.12. The monoisotopic (exact) mass is 324 g/mol. The van der Waals surface area contributed by atoms with Gasteiger partial charge in [0.25, 0.3) is 0 Å². The summed E-state index contributed by atoms with van der Waals surface area (Å²) in [6, 6.07) is 6.87. The van der Waals surface area contributed by atoms with E-state index in [0.29, 0.717) is 23.4 Å². The quantitative estimate of drug-likeness (QED) is 0.786. The van der Waals surface area contributed by atoms with Gasteiger partial charge in [0.15, 0.2) is 0 Å². The molecule has 0 saturated heterocycles. The zero-order valence-corrected chi connectivity index (χ0v) is 13.1. The number of nitrogens with two attached hydrogens (primary N) is 1. The molecule has 0 saturated carbocycles. The average molecular weight is 324 g/mol. The van der Waals surface area contributed by atoms with Gasteiger partial charge in [0.05, 0.1) is 17.6 Å². The third kappa shape index (κ3) is 4.27. The molecule has 3 N–H and O–H groups in total. The predicted molar refractivity (Wildman–Crippen MR) is 86.5 cm³/mol. The zero-order valence-electron chi connectivity index (χ0n) is 11.5. The van der Waals surface area contributed by atoms with Crippen LogP contribution in [0.1, 0.15) is 18.1 Å². The van der Waals surface area contributed by atoms with Crippen LogP contribution in [0.15, 0.2) is 36.7 Å².